The van der Waals surface area contributed by atoms with Crippen molar-refractivity contribution in [3.8, 4) is 5.75 Å². The second-order valence-corrected chi connectivity index (χ2v) is 6.92. The van der Waals surface area contributed by atoms with Gasteiger partial charge in [0.1, 0.15) is 17.6 Å². The van der Waals surface area contributed by atoms with E-state index < -0.39 is 6.04 Å². The van der Waals surface area contributed by atoms with Gasteiger partial charge in [-0.05, 0) is 18.9 Å². The molecule has 1 aromatic carbocycles. The predicted molar refractivity (Wildman–Crippen MR) is 106 cm³/mol. The first-order chi connectivity index (χ1) is 13.6. The number of hydrogen-bond donors (Lipinski definition) is 1. The molecule has 2 heterocycles. The van der Waals surface area contributed by atoms with Crippen molar-refractivity contribution in [3.05, 3.63) is 48.0 Å². The largest absolute Gasteiger partial charge is 0.496 e. The molecule has 1 fully saturated rings. The molecule has 150 valence electrons. The third-order valence-corrected chi connectivity index (χ3v) is 5.16. The molecular formula is C21H28N4O3. The van der Waals surface area contributed by atoms with Gasteiger partial charge in [0, 0.05) is 43.9 Å². The van der Waals surface area contributed by atoms with Crippen LogP contribution in [-0.2, 0) is 29.1 Å². The number of nitrogens with one attached hydrogen (secondary N) is 1. The highest BCUT2D eigenvalue weighted by Crippen LogP contribution is 2.25. The van der Waals surface area contributed by atoms with Crippen LogP contribution >= 0.6 is 0 Å². The van der Waals surface area contributed by atoms with Crippen LogP contribution in [0.25, 0.3) is 0 Å². The zero-order valence-corrected chi connectivity index (χ0v) is 16.6. The molecule has 1 N–H and O–H groups in total. The average molecular weight is 384 g/mol. The van der Waals surface area contributed by atoms with Crippen LogP contribution in [0, 0.1) is 0 Å². The molecule has 7 heteroatoms. The fraction of sp³-hybridized carbons (Fsp3) is 0.476. The van der Waals surface area contributed by atoms with Crippen LogP contribution in [0.1, 0.15) is 37.6 Å². The number of hydrogen-bond acceptors (Lipinski definition) is 4. The van der Waals surface area contributed by atoms with E-state index in [1.165, 1.54) is 0 Å². The molecule has 1 aromatic heterocycles. The van der Waals surface area contributed by atoms with E-state index in [9.17, 15) is 9.59 Å². The Balaban J connectivity index is 1.54. The molecule has 1 unspecified atom stereocenters. The quantitative estimate of drug-likeness (QED) is 0.672. The maximum atomic E-state index is 12.7. The van der Waals surface area contributed by atoms with Gasteiger partial charge >= 0.3 is 0 Å². The number of rotatable bonds is 9. The lowest BCUT2D eigenvalue weighted by molar-refractivity contribution is -0.135. The Morgan fingerprint density at radius 3 is 2.96 bits per heavy atom. The van der Waals surface area contributed by atoms with Crippen LogP contribution in [-0.4, -0.2) is 46.0 Å². The number of carbonyl (C=O) groups is 2. The monoisotopic (exact) mass is 384 g/mol. The van der Waals surface area contributed by atoms with Crippen molar-refractivity contribution in [3.63, 3.8) is 0 Å². The number of likely N-dealkylation sites (tertiary alicyclic amines) is 1. The summed E-state index contributed by atoms with van der Waals surface area (Å²) in [4.78, 5) is 31.0. The van der Waals surface area contributed by atoms with Crippen LogP contribution in [0.2, 0.25) is 0 Å². The molecule has 28 heavy (non-hydrogen) atoms. The smallest absolute Gasteiger partial charge is 0.242 e. The van der Waals surface area contributed by atoms with Gasteiger partial charge in [0.05, 0.1) is 13.7 Å². The molecule has 1 atom stereocenters. The first kappa shape index (κ1) is 19.9. The first-order valence-corrected chi connectivity index (χ1v) is 9.83. The average Bonchev–Trinajstić information content (AvgIpc) is 3.32. The minimum Gasteiger partial charge on any atom is -0.496 e. The van der Waals surface area contributed by atoms with E-state index in [0.717, 1.165) is 36.5 Å². The molecule has 0 radical (unpaired) electrons. The molecule has 2 aromatic rings. The lowest BCUT2D eigenvalue weighted by Crippen LogP contribution is -2.44. The van der Waals surface area contributed by atoms with Crippen molar-refractivity contribution in [1.82, 2.24) is 19.8 Å². The van der Waals surface area contributed by atoms with Gasteiger partial charge in [-0.1, -0.05) is 25.1 Å². The van der Waals surface area contributed by atoms with E-state index in [-0.39, 0.29) is 11.8 Å². The number of carbonyl (C=O) groups excluding carboxylic acids is 2. The molecular weight excluding hydrogens is 356 g/mol. The highest BCUT2D eigenvalue weighted by atomic mass is 16.5. The lowest BCUT2D eigenvalue weighted by Gasteiger charge is -2.25. The SMILES string of the molecule is CCc1nccn1CCCNC(=O)C1CCC(=O)N1Cc1ccccc1OC. The van der Waals surface area contributed by atoms with E-state index in [4.69, 9.17) is 4.74 Å². The van der Waals surface area contributed by atoms with E-state index in [0.29, 0.717) is 25.9 Å². The minimum atomic E-state index is -0.420. The van der Waals surface area contributed by atoms with E-state index in [2.05, 4.69) is 21.8 Å². The third-order valence-electron chi connectivity index (χ3n) is 5.16. The normalized spacial score (nSPS) is 16.4. The number of amides is 2. The van der Waals surface area contributed by atoms with Crippen molar-refractivity contribution in [2.45, 2.75) is 51.7 Å². The summed E-state index contributed by atoms with van der Waals surface area (Å²) in [6.07, 6.45) is 6.44. The second kappa shape index (κ2) is 9.39. The van der Waals surface area contributed by atoms with Crippen LogP contribution in [0.15, 0.2) is 36.7 Å². The molecule has 0 aliphatic carbocycles. The second-order valence-electron chi connectivity index (χ2n) is 6.92. The van der Waals surface area contributed by atoms with Crippen molar-refractivity contribution in [1.29, 1.82) is 0 Å². The summed E-state index contributed by atoms with van der Waals surface area (Å²) in [7, 11) is 1.61. The standard InChI is InChI=1S/C21H28N4O3/c1-3-19-22-12-14-24(19)13-6-11-23-21(27)17-9-10-20(26)25(17)15-16-7-4-5-8-18(16)28-2/h4-5,7-8,12,14,17H,3,6,9-11,13,15H2,1-2H3,(H,23,27). The summed E-state index contributed by atoms with van der Waals surface area (Å²) in [6, 6.07) is 7.18. The predicted octanol–water partition coefficient (Wildman–Crippen LogP) is 2.15. The fourth-order valence-corrected chi connectivity index (χ4v) is 3.66. The summed E-state index contributed by atoms with van der Waals surface area (Å²) in [6.45, 7) is 3.86. The van der Waals surface area contributed by atoms with Crippen molar-refractivity contribution < 1.29 is 14.3 Å². The van der Waals surface area contributed by atoms with E-state index in [1.54, 1.807) is 18.2 Å². The topological polar surface area (TPSA) is 76.5 Å². The highest BCUT2D eigenvalue weighted by Gasteiger charge is 2.36. The molecule has 3 rings (SSSR count). The Hall–Kier alpha value is -2.83. The van der Waals surface area contributed by atoms with Gasteiger partial charge in [-0.3, -0.25) is 9.59 Å². The molecule has 1 aliphatic heterocycles. The van der Waals surface area contributed by atoms with Gasteiger partial charge in [-0.15, -0.1) is 0 Å². The van der Waals surface area contributed by atoms with E-state index >= 15 is 0 Å². The Morgan fingerprint density at radius 1 is 1.36 bits per heavy atom. The number of ether oxygens (including phenoxy) is 1. The maximum absolute atomic E-state index is 12.7. The number of nitrogens with zero attached hydrogens (tertiary/aromatic N) is 3. The summed E-state index contributed by atoms with van der Waals surface area (Å²) in [5, 5.41) is 2.99. The van der Waals surface area contributed by atoms with Gasteiger partial charge in [0.2, 0.25) is 11.8 Å². The zero-order chi connectivity index (χ0) is 19.9. The Kier molecular flexibility index (Phi) is 6.68. The lowest BCUT2D eigenvalue weighted by atomic mass is 10.1. The number of imidazole rings is 1. The molecule has 0 spiro atoms. The fourth-order valence-electron chi connectivity index (χ4n) is 3.66. The van der Waals surface area contributed by atoms with Gasteiger partial charge < -0.3 is 19.5 Å². The minimum absolute atomic E-state index is 0.0112. The first-order valence-electron chi connectivity index (χ1n) is 9.83. The number of para-hydroxylation sites is 1. The van der Waals surface area contributed by atoms with Crippen molar-refractivity contribution >= 4 is 11.8 Å². The van der Waals surface area contributed by atoms with Gasteiger partial charge in [-0.2, -0.15) is 0 Å². The Morgan fingerprint density at radius 2 is 2.18 bits per heavy atom. The molecule has 0 bridgehead atoms. The summed E-state index contributed by atoms with van der Waals surface area (Å²) < 4.78 is 7.48. The molecule has 1 saturated heterocycles. The number of methoxy groups -OCH3 is 1. The van der Waals surface area contributed by atoms with Gasteiger partial charge in [0.25, 0.3) is 0 Å². The maximum Gasteiger partial charge on any atom is 0.242 e. The summed E-state index contributed by atoms with van der Waals surface area (Å²) in [5.74, 6) is 1.71. The Bertz CT molecular complexity index is 817. The Labute approximate surface area is 165 Å². The van der Waals surface area contributed by atoms with Gasteiger partial charge in [-0.25, -0.2) is 4.98 Å². The van der Waals surface area contributed by atoms with Crippen LogP contribution in [0.5, 0.6) is 5.75 Å². The molecule has 0 saturated carbocycles. The third kappa shape index (κ3) is 4.52. The summed E-state index contributed by atoms with van der Waals surface area (Å²) >= 11 is 0. The van der Waals surface area contributed by atoms with Crippen LogP contribution < -0.4 is 10.1 Å². The molecule has 1 aliphatic rings. The summed E-state index contributed by atoms with van der Waals surface area (Å²) in [5.41, 5.74) is 0.908. The number of benzene rings is 1. The zero-order valence-electron chi connectivity index (χ0n) is 16.6. The highest BCUT2D eigenvalue weighted by molar-refractivity contribution is 5.90. The van der Waals surface area contributed by atoms with Crippen LogP contribution in [0.4, 0.5) is 0 Å². The number of aromatic nitrogens is 2. The van der Waals surface area contributed by atoms with Gasteiger partial charge in [0.15, 0.2) is 0 Å². The molecule has 7 nitrogen and oxygen atoms in total. The van der Waals surface area contributed by atoms with Crippen LogP contribution in [0.3, 0.4) is 0 Å². The molecule has 2 amide bonds. The van der Waals surface area contributed by atoms with Crippen molar-refractivity contribution in [2.24, 2.45) is 0 Å². The van der Waals surface area contributed by atoms with E-state index in [1.807, 2.05) is 30.5 Å². The van der Waals surface area contributed by atoms with Crippen molar-refractivity contribution in [2.75, 3.05) is 13.7 Å². The number of aryl methyl sites for hydroxylation is 2.